The molecule has 2 amide bonds. The van der Waals surface area contributed by atoms with Gasteiger partial charge in [0.15, 0.2) is 4.96 Å². The first-order valence-electron chi connectivity index (χ1n) is 9.23. The zero-order valence-corrected chi connectivity index (χ0v) is 16.7. The van der Waals surface area contributed by atoms with Crippen LogP contribution < -0.4 is 10.9 Å². The fourth-order valence-electron chi connectivity index (χ4n) is 3.26. The van der Waals surface area contributed by atoms with Crippen molar-refractivity contribution in [2.75, 3.05) is 31.5 Å². The standard InChI is InChI=1S/C17H19N7O2S2/c25-13-9-12(18-17-24(13)7-8-27-17)10-22-3-5-23(6-4-22)16(26)19-15-21-20-14(28-15)11-1-2-11/h7-9,11H,1-6,10H2,(H,19,21,26). The molecule has 11 heteroatoms. The lowest BCUT2D eigenvalue weighted by molar-refractivity contribution is 0.142. The lowest BCUT2D eigenvalue weighted by Crippen LogP contribution is -2.49. The summed E-state index contributed by atoms with van der Waals surface area (Å²) in [7, 11) is 0. The van der Waals surface area contributed by atoms with Crippen LogP contribution in [0.4, 0.5) is 9.93 Å². The third-order valence-corrected chi connectivity index (χ3v) is 6.74. The highest BCUT2D eigenvalue weighted by Gasteiger charge is 2.28. The molecule has 0 aromatic carbocycles. The molecule has 9 nitrogen and oxygen atoms in total. The van der Waals surface area contributed by atoms with Gasteiger partial charge in [-0.05, 0) is 12.8 Å². The maximum Gasteiger partial charge on any atom is 0.323 e. The summed E-state index contributed by atoms with van der Waals surface area (Å²) in [5.74, 6) is 0.543. The smallest absolute Gasteiger partial charge is 0.322 e. The molecule has 4 heterocycles. The van der Waals surface area contributed by atoms with Gasteiger partial charge in [0.05, 0.1) is 5.69 Å². The van der Waals surface area contributed by atoms with Crippen LogP contribution in [0.5, 0.6) is 0 Å². The van der Waals surface area contributed by atoms with Gasteiger partial charge in [0, 0.05) is 56.3 Å². The number of fused-ring (bicyclic) bond motifs is 1. The lowest BCUT2D eigenvalue weighted by atomic mass is 10.3. The number of thiazole rings is 1. The number of hydrogen-bond donors (Lipinski definition) is 1. The predicted molar refractivity (Wildman–Crippen MR) is 107 cm³/mol. The molecule has 5 rings (SSSR count). The molecule has 0 bridgehead atoms. The summed E-state index contributed by atoms with van der Waals surface area (Å²) in [5, 5.41) is 14.5. The molecular weight excluding hydrogens is 398 g/mol. The Hall–Kier alpha value is -2.37. The van der Waals surface area contributed by atoms with E-state index in [2.05, 4.69) is 25.4 Å². The van der Waals surface area contributed by atoms with Crippen LogP contribution in [0.3, 0.4) is 0 Å². The Balaban J connectivity index is 1.16. The minimum atomic E-state index is -0.130. The normalized spacial score (nSPS) is 17.9. The number of amides is 2. The van der Waals surface area contributed by atoms with Crippen molar-refractivity contribution in [2.24, 2.45) is 0 Å². The molecule has 1 N–H and O–H groups in total. The van der Waals surface area contributed by atoms with Gasteiger partial charge in [0.1, 0.15) is 5.01 Å². The van der Waals surface area contributed by atoms with E-state index in [9.17, 15) is 9.59 Å². The Labute approximate surface area is 168 Å². The van der Waals surface area contributed by atoms with Gasteiger partial charge in [-0.1, -0.05) is 11.3 Å². The topological polar surface area (TPSA) is 95.7 Å². The van der Waals surface area contributed by atoms with Gasteiger partial charge in [0.2, 0.25) is 5.13 Å². The van der Waals surface area contributed by atoms with Gasteiger partial charge in [-0.25, -0.2) is 9.78 Å². The van der Waals surface area contributed by atoms with Crippen LogP contribution in [0.1, 0.15) is 29.5 Å². The van der Waals surface area contributed by atoms with E-state index in [1.54, 1.807) is 21.6 Å². The van der Waals surface area contributed by atoms with E-state index < -0.39 is 0 Å². The number of nitrogens with one attached hydrogen (secondary N) is 1. The minimum absolute atomic E-state index is 0.0538. The van der Waals surface area contributed by atoms with E-state index in [0.717, 1.165) is 23.8 Å². The second kappa shape index (κ2) is 7.22. The molecule has 2 fully saturated rings. The molecule has 1 aliphatic carbocycles. The maximum absolute atomic E-state index is 12.5. The fraction of sp³-hybridized carbons (Fsp3) is 0.471. The lowest BCUT2D eigenvalue weighted by Gasteiger charge is -2.34. The summed E-state index contributed by atoms with van der Waals surface area (Å²) >= 11 is 2.92. The highest BCUT2D eigenvalue weighted by Crippen LogP contribution is 2.42. The van der Waals surface area contributed by atoms with E-state index in [0.29, 0.717) is 35.6 Å². The molecule has 1 aliphatic heterocycles. The Morgan fingerprint density at radius 3 is 2.82 bits per heavy atom. The van der Waals surface area contributed by atoms with Gasteiger partial charge in [-0.3, -0.25) is 19.4 Å². The summed E-state index contributed by atoms with van der Waals surface area (Å²) < 4.78 is 1.55. The highest BCUT2D eigenvalue weighted by atomic mass is 32.1. The third-order valence-electron chi connectivity index (χ3n) is 4.98. The molecule has 1 saturated carbocycles. The van der Waals surface area contributed by atoms with Crippen LogP contribution in [0.25, 0.3) is 4.96 Å². The number of carbonyl (C=O) groups excluding carboxylic acids is 1. The van der Waals surface area contributed by atoms with Crippen LogP contribution in [-0.4, -0.2) is 61.6 Å². The zero-order chi connectivity index (χ0) is 19.1. The van der Waals surface area contributed by atoms with Crippen molar-refractivity contribution < 1.29 is 4.79 Å². The second-order valence-corrected chi connectivity index (χ2v) is 8.94. The number of rotatable bonds is 4. The molecule has 0 atom stereocenters. The van der Waals surface area contributed by atoms with E-state index in [1.807, 2.05) is 5.38 Å². The summed E-state index contributed by atoms with van der Waals surface area (Å²) in [4.78, 5) is 33.8. The van der Waals surface area contributed by atoms with Gasteiger partial charge in [-0.15, -0.1) is 21.5 Å². The first kappa shape index (κ1) is 17.7. The molecule has 0 spiro atoms. The number of aromatic nitrogens is 4. The second-order valence-electron chi connectivity index (χ2n) is 7.05. The predicted octanol–water partition coefficient (Wildman–Crippen LogP) is 1.83. The van der Waals surface area contributed by atoms with Crippen molar-refractivity contribution in [3.05, 3.63) is 38.7 Å². The fourth-order valence-corrected chi connectivity index (χ4v) is 4.90. The molecule has 2 aliphatic rings. The van der Waals surface area contributed by atoms with E-state index in [1.165, 1.54) is 35.5 Å². The van der Waals surface area contributed by atoms with Crippen LogP contribution >= 0.6 is 22.7 Å². The summed E-state index contributed by atoms with van der Waals surface area (Å²) in [6.45, 7) is 3.34. The Kier molecular flexibility index (Phi) is 4.57. The SMILES string of the molecule is O=C(Nc1nnc(C2CC2)s1)N1CCN(Cc2cc(=O)n3ccsc3n2)CC1. The zero-order valence-electron chi connectivity index (χ0n) is 15.1. The van der Waals surface area contributed by atoms with Crippen molar-refractivity contribution in [1.29, 1.82) is 0 Å². The summed E-state index contributed by atoms with van der Waals surface area (Å²) in [5.41, 5.74) is 0.716. The summed E-state index contributed by atoms with van der Waals surface area (Å²) in [6.07, 6.45) is 4.08. The average Bonchev–Trinajstić information content (AvgIpc) is 3.24. The molecule has 146 valence electrons. The maximum atomic E-state index is 12.5. The number of piperazine rings is 1. The first-order chi connectivity index (χ1) is 13.7. The Morgan fingerprint density at radius 1 is 1.21 bits per heavy atom. The third kappa shape index (κ3) is 3.64. The van der Waals surface area contributed by atoms with Gasteiger partial charge in [-0.2, -0.15) is 0 Å². The van der Waals surface area contributed by atoms with Crippen molar-refractivity contribution in [2.45, 2.75) is 25.3 Å². The number of carbonyl (C=O) groups is 1. The van der Waals surface area contributed by atoms with Crippen LogP contribution in [0.2, 0.25) is 0 Å². The quantitative estimate of drug-likeness (QED) is 0.696. The monoisotopic (exact) mass is 417 g/mol. The van der Waals surface area contributed by atoms with Crippen molar-refractivity contribution in [3.8, 4) is 0 Å². The molecule has 0 radical (unpaired) electrons. The molecule has 28 heavy (non-hydrogen) atoms. The van der Waals surface area contributed by atoms with Crippen molar-refractivity contribution in [3.63, 3.8) is 0 Å². The van der Waals surface area contributed by atoms with E-state index in [-0.39, 0.29) is 11.6 Å². The van der Waals surface area contributed by atoms with Crippen LogP contribution in [0, 0.1) is 0 Å². The summed E-state index contributed by atoms with van der Waals surface area (Å²) in [6, 6.07) is 1.46. The van der Waals surface area contributed by atoms with Crippen molar-refractivity contribution >= 4 is 38.8 Å². The van der Waals surface area contributed by atoms with E-state index in [4.69, 9.17) is 0 Å². The molecule has 0 unspecified atom stereocenters. The minimum Gasteiger partial charge on any atom is -0.322 e. The van der Waals surface area contributed by atoms with Gasteiger partial charge in [0.25, 0.3) is 5.56 Å². The molecule has 3 aromatic rings. The Bertz CT molecular complexity index is 1060. The van der Waals surface area contributed by atoms with Crippen LogP contribution in [-0.2, 0) is 6.54 Å². The molecule has 3 aromatic heterocycles. The van der Waals surface area contributed by atoms with Crippen LogP contribution in [0.15, 0.2) is 22.4 Å². The molecule has 1 saturated heterocycles. The van der Waals surface area contributed by atoms with Gasteiger partial charge >= 0.3 is 6.03 Å². The Morgan fingerprint density at radius 2 is 2.04 bits per heavy atom. The number of urea groups is 1. The number of nitrogens with zero attached hydrogens (tertiary/aromatic N) is 6. The largest absolute Gasteiger partial charge is 0.323 e. The average molecular weight is 418 g/mol. The van der Waals surface area contributed by atoms with E-state index >= 15 is 0 Å². The highest BCUT2D eigenvalue weighted by molar-refractivity contribution is 7.15. The number of anilines is 1. The molecular formula is C17H19N7O2S2. The first-order valence-corrected chi connectivity index (χ1v) is 10.9. The number of hydrogen-bond acceptors (Lipinski definition) is 8. The van der Waals surface area contributed by atoms with Gasteiger partial charge < -0.3 is 4.90 Å². The van der Waals surface area contributed by atoms with Crippen molar-refractivity contribution in [1.82, 2.24) is 29.4 Å².